The first-order valence-electron chi connectivity index (χ1n) is 7.57. The third kappa shape index (κ3) is 4.15. The highest BCUT2D eigenvalue weighted by molar-refractivity contribution is 5.99. The van der Waals surface area contributed by atoms with E-state index in [2.05, 4.69) is 27.6 Å². The number of pyridine rings is 1. The van der Waals surface area contributed by atoms with Crippen molar-refractivity contribution in [2.24, 2.45) is 5.84 Å². The largest absolute Gasteiger partial charge is 0.350 e. The van der Waals surface area contributed by atoms with Crippen molar-refractivity contribution in [3.63, 3.8) is 0 Å². The van der Waals surface area contributed by atoms with Crippen molar-refractivity contribution < 1.29 is 4.79 Å². The molecule has 4 N–H and O–H groups in total. The summed E-state index contributed by atoms with van der Waals surface area (Å²) in [6, 6.07) is 2.12. The number of aryl methyl sites for hydroxylation is 1. The summed E-state index contributed by atoms with van der Waals surface area (Å²) in [6.07, 6.45) is 5.38. The maximum Gasteiger partial charge on any atom is 0.255 e. The van der Waals surface area contributed by atoms with E-state index >= 15 is 0 Å². The van der Waals surface area contributed by atoms with Crippen molar-refractivity contribution in [1.29, 1.82) is 0 Å². The van der Waals surface area contributed by atoms with Crippen LogP contribution in [0.4, 0.5) is 5.69 Å². The molecule has 21 heavy (non-hydrogen) atoms. The highest BCUT2D eigenvalue weighted by Crippen LogP contribution is 2.15. The molecule has 1 aromatic rings. The number of nitrogens with two attached hydrogens (primary N) is 1. The maximum atomic E-state index is 12.3. The number of carbonyl (C=O) groups excluding carboxylic acids is 1. The molecule has 1 aromatic heterocycles. The normalized spacial score (nSPS) is 17.3. The van der Waals surface area contributed by atoms with Gasteiger partial charge >= 0.3 is 0 Å². The van der Waals surface area contributed by atoms with Crippen LogP contribution in [0.1, 0.15) is 42.2 Å². The molecule has 0 bridgehead atoms. The summed E-state index contributed by atoms with van der Waals surface area (Å²) in [6.45, 7) is 6.90. The number of aromatic nitrogens is 1. The van der Waals surface area contributed by atoms with Crippen LogP contribution in [0.15, 0.2) is 12.3 Å². The van der Waals surface area contributed by atoms with Gasteiger partial charge in [0.2, 0.25) is 0 Å². The number of carbonyl (C=O) groups is 1. The molecule has 1 fully saturated rings. The Labute approximate surface area is 126 Å². The fourth-order valence-corrected chi connectivity index (χ4v) is 2.68. The smallest absolute Gasteiger partial charge is 0.255 e. The van der Waals surface area contributed by atoms with E-state index in [0.29, 0.717) is 23.8 Å². The lowest BCUT2D eigenvalue weighted by molar-refractivity contribution is 0.0930. The molecule has 2 rings (SSSR count). The third-order valence-corrected chi connectivity index (χ3v) is 4.01. The van der Waals surface area contributed by atoms with Crippen LogP contribution in [0.2, 0.25) is 0 Å². The number of hydrogen-bond acceptors (Lipinski definition) is 5. The second-order valence-corrected chi connectivity index (χ2v) is 5.67. The Morgan fingerprint density at radius 1 is 1.43 bits per heavy atom. The van der Waals surface area contributed by atoms with Crippen molar-refractivity contribution in [1.82, 2.24) is 15.2 Å². The van der Waals surface area contributed by atoms with Crippen LogP contribution in [-0.2, 0) is 0 Å². The number of nitrogen functional groups attached to an aromatic ring is 1. The molecule has 6 heteroatoms. The van der Waals surface area contributed by atoms with Crippen LogP contribution in [0.3, 0.4) is 0 Å². The van der Waals surface area contributed by atoms with Crippen LogP contribution in [-0.4, -0.2) is 41.5 Å². The standard InChI is InChI=1S/C15H25N5O/c1-11-8-14(19-16)13(10-17-11)15(21)18-9-12(2)20-6-4-3-5-7-20/h8,10,12H,3-7,9,16H2,1-2H3,(H,17,19)(H,18,21). The van der Waals surface area contributed by atoms with Gasteiger partial charge in [-0.15, -0.1) is 0 Å². The average Bonchev–Trinajstić information content (AvgIpc) is 2.52. The molecule has 116 valence electrons. The zero-order valence-electron chi connectivity index (χ0n) is 12.9. The SMILES string of the molecule is Cc1cc(NN)c(C(=O)NCC(C)N2CCCCC2)cn1. The Kier molecular flexibility index (Phi) is 5.52. The Balaban J connectivity index is 1.92. The lowest BCUT2D eigenvalue weighted by atomic mass is 10.1. The third-order valence-electron chi connectivity index (χ3n) is 4.01. The zero-order valence-corrected chi connectivity index (χ0v) is 12.9. The summed E-state index contributed by atoms with van der Waals surface area (Å²) in [5.74, 6) is 5.32. The highest BCUT2D eigenvalue weighted by atomic mass is 16.1. The van der Waals surface area contributed by atoms with Crippen molar-refractivity contribution in [3.05, 3.63) is 23.5 Å². The Hall–Kier alpha value is -1.66. The molecule has 0 radical (unpaired) electrons. The minimum absolute atomic E-state index is 0.140. The molecule has 6 nitrogen and oxygen atoms in total. The summed E-state index contributed by atoms with van der Waals surface area (Å²) in [7, 11) is 0. The first-order valence-corrected chi connectivity index (χ1v) is 7.57. The molecular weight excluding hydrogens is 266 g/mol. The van der Waals surface area contributed by atoms with Crippen molar-refractivity contribution >= 4 is 11.6 Å². The lowest BCUT2D eigenvalue weighted by Gasteiger charge is -2.32. The van der Waals surface area contributed by atoms with Crippen LogP contribution in [0, 0.1) is 6.92 Å². The number of piperidine rings is 1. The van der Waals surface area contributed by atoms with Gasteiger partial charge < -0.3 is 10.7 Å². The van der Waals surface area contributed by atoms with E-state index in [-0.39, 0.29) is 5.91 Å². The van der Waals surface area contributed by atoms with Crippen LogP contribution < -0.4 is 16.6 Å². The molecule has 0 aliphatic carbocycles. The molecule has 1 aliphatic heterocycles. The molecular formula is C15H25N5O. The van der Waals surface area contributed by atoms with Gasteiger partial charge in [0, 0.05) is 24.5 Å². The number of rotatable bonds is 5. The zero-order chi connectivity index (χ0) is 15.2. The molecule has 1 aliphatic rings. The van der Waals surface area contributed by atoms with Gasteiger partial charge in [-0.05, 0) is 45.8 Å². The van der Waals surface area contributed by atoms with E-state index in [4.69, 9.17) is 5.84 Å². The number of hydrazine groups is 1. The Bertz CT molecular complexity index is 485. The minimum atomic E-state index is -0.140. The maximum absolute atomic E-state index is 12.3. The topological polar surface area (TPSA) is 83.3 Å². The van der Waals surface area contributed by atoms with Crippen LogP contribution in [0.5, 0.6) is 0 Å². The molecule has 0 spiro atoms. The fourth-order valence-electron chi connectivity index (χ4n) is 2.68. The van der Waals surface area contributed by atoms with E-state index in [1.807, 2.05) is 6.92 Å². The van der Waals surface area contributed by atoms with Crippen molar-refractivity contribution in [2.75, 3.05) is 25.1 Å². The molecule has 0 saturated carbocycles. The van der Waals surface area contributed by atoms with Gasteiger partial charge in [-0.25, -0.2) is 0 Å². The molecule has 0 aromatic carbocycles. The lowest BCUT2D eigenvalue weighted by Crippen LogP contribution is -2.44. The Morgan fingerprint density at radius 3 is 2.81 bits per heavy atom. The van der Waals surface area contributed by atoms with Crippen LogP contribution >= 0.6 is 0 Å². The van der Waals surface area contributed by atoms with E-state index in [9.17, 15) is 4.79 Å². The first kappa shape index (κ1) is 15.7. The summed E-state index contributed by atoms with van der Waals surface area (Å²) < 4.78 is 0. The summed E-state index contributed by atoms with van der Waals surface area (Å²) in [4.78, 5) is 18.8. The van der Waals surface area contributed by atoms with E-state index in [0.717, 1.165) is 18.8 Å². The summed E-state index contributed by atoms with van der Waals surface area (Å²) in [5.41, 5.74) is 4.46. The molecule has 2 heterocycles. The van der Waals surface area contributed by atoms with Crippen molar-refractivity contribution in [2.45, 2.75) is 39.2 Å². The number of likely N-dealkylation sites (tertiary alicyclic amines) is 1. The Morgan fingerprint density at radius 2 is 2.14 bits per heavy atom. The minimum Gasteiger partial charge on any atom is -0.350 e. The molecule has 1 unspecified atom stereocenters. The highest BCUT2D eigenvalue weighted by Gasteiger charge is 2.18. The van der Waals surface area contributed by atoms with E-state index in [1.165, 1.54) is 19.3 Å². The molecule has 1 atom stereocenters. The number of anilines is 1. The number of nitrogens with one attached hydrogen (secondary N) is 2. The predicted molar refractivity (Wildman–Crippen MR) is 84.0 cm³/mol. The number of nitrogens with zero attached hydrogens (tertiary/aromatic N) is 2. The fraction of sp³-hybridized carbons (Fsp3) is 0.600. The monoisotopic (exact) mass is 291 g/mol. The number of amides is 1. The van der Waals surface area contributed by atoms with Crippen molar-refractivity contribution in [3.8, 4) is 0 Å². The number of hydrogen-bond donors (Lipinski definition) is 3. The predicted octanol–water partition coefficient (Wildman–Crippen LogP) is 1.28. The molecule has 1 saturated heterocycles. The summed E-state index contributed by atoms with van der Waals surface area (Å²) in [5, 5.41) is 2.97. The van der Waals surface area contributed by atoms with Gasteiger partial charge in [-0.1, -0.05) is 6.42 Å². The quantitative estimate of drug-likeness (QED) is 0.562. The van der Waals surface area contributed by atoms with E-state index < -0.39 is 0 Å². The van der Waals surface area contributed by atoms with Gasteiger partial charge in [0.1, 0.15) is 0 Å². The van der Waals surface area contributed by atoms with Crippen LogP contribution in [0.25, 0.3) is 0 Å². The van der Waals surface area contributed by atoms with Gasteiger partial charge in [0.05, 0.1) is 11.3 Å². The second kappa shape index (κ2) is 7.38. The van der Waals surface area contributed by atoms with Gasteiger partial charge in [-0.3, -0.25) is 20.5 Å². The summed E-state index contributed by atoms with van der Waals surface area (Å²) >= 11 is 0. The first-order chi connectivity index (χ1) is 10.1. The van der Waals surface area contributed by atoms with Gasteiger partial charge in [-0.2, -0.15) is 0 Å². The van der Waals surface area contributed by atoms with Gasteiger partial charge in [0.15, 0.2) is 0 Å². The second-order valence-electron chi connectivity index (χ2n) is 5.67. The van der Waals surface area contributed by atoms with E-state index in [1.54, 1.807) is 12.3 Å². The molecule has 1 amide bonds. The average molecular weight is 291 g/mol. The van der Waals surface area contributed by atoms with Gasteiger partial charge in [0.25, 0.3) is 5.91 Å².